The summed E-state index contributed by atoms with van der Waals surface area (Å²) in [5.74, 6) is -1.59. The van der Waals surface area contributed by atoms with Crippen LogP contribution < -0.4 is 5.32 Å². The maximum atomic E-state index is 11.7. The molecule has 0 atom stereocenters. The van der Waals surface area contributed by atoms with Crippen molar-refractivity contribution in [2.75, 3.05) is 6.54 Å². The zero-order valence-electron chi connectivity index (χ0n) is 10.3. The molecule has 7 heteroatoms. The van der Waals surface area contributed by atoms with Gasteiger partial charge in [-0.15, -0.1) is 0 Å². The highest BCUT2D eigenvalue weighted by Gasteiger charge is 2.14. The minimum Gasteiger partial charge on any atom is -0.478 e. The molecular weight excluding hydrogens is 250 g/mol. The van der Waals surface area contributed by atoms with E-state index in [1.54, 1.807) is 4.68 Å². The number of aromatic carboxylic acids is 1. The summed E-state index contributed by atoms with van der Waals surface area (Å²) >= 11 is 0. The molecule has 2 heterocycles. The van der Waals surface area contributed by atoms with Crippen molar-refractivity contribution in [3.63, 3.8) is 0 Å². The number of hydrogen-bond acceptors (Lipinski definition) is 4. The number of amides is 1. The van der Waals surface area contributed by atoms with Crippen molar-refractivity contribution in [3.8, 4) is 0 Å². The molecule has 0 aromatic carbocycles. The molecule has 0 aliphatic carbocycles. The average Bonchev–Trinajstić information content (AvgIpc) is 2.98. The van der Waals surface area contributed by atoms with Gasteiger partial charge in [0.1, 0.15) is 6.26 Å². The average molecular weight is 263 g/mol. The molecule has 1 amide bonds. The molecule has 0 bridgehead atoms. The third kappa shape index (κ3) is 3.21. The topological polar surface area (TPSA) is 97.4 Å². The van der Waals surface area contributed by atoms with E-state index in [0.717, 1.165) is 12.0 Å². The number of aryl methyl sites for hydroxylation is 1. The number of aromatic nitrogens is 2. The lowest BCUT2D eigenvalue weighted by Gasteiger charge is -2.00. The quantitative estimate of drug-likeness (QED) is 0.826. The highest BCUT2D eigenvalue weighted by molar-refractivity contribution is 5.95. The van der Waals surface area contributed by atoms with Crippen molar-refractivity contribution in [1.82, 2.24) is 15.1 Å². The number of hydrogen-bond donors (Lipinski definition) is 2. The highest BCUT2D eigenvalue weighted by atomic mass is 16.4. The van der Waals surface area contributed by atoms with E-state index in [9.17, 15) is 9.59 Å². The lowest BCUT2D eigenvalue weighted by Crippen LogP contribution is -2.25. The Kier molecular flexibility index (Phi) is 3.65. The van der Waals surface area contributed by atoms with Crippen LogP contribution in [-0.2, 0) is 13.5 Å². The van der Waals surface area contributed by atoms with Gasteiger partial charge >= 0.3 is 5.97 Å². The molecule has 2 aromatic rings. The molecule has 0 unspecified atom stereocenters. The van der Waals surface area contributed by atoms with Gasteiger partial charge in [0, 0.05) is 32.3 Å². The Morgan fingerprint density at radius 1 is 1.53 bits per heavy atom. The van der Waals surface area contributed by atoms with Gasteiger partial charge in [-0.2, -0.15) is 5.10 Å². The van der Waals surface area contributed by atoms with Gasteiger partial charge in [-0.25, -0.2) is 4.79 Å². The highest BCUT2D eigenvalue weighted by Crippen LogP contribution is 2.07. The SMILES string of the molecule is Cn1ccc(CCNC(=O)c2cc(C(=O)O)co2)n1. The molecule has 0 aliphatic heterocycles. The van der Waals surface area contributed by atoms with Gasteiger partial charge in [0.2, 0.25) is 0 Å². The molecule has 0 spiro atoms. The minimum atomic E-state index is -1.13. The summed E-state index contributed by atoms with van der Waals surface area (Å²) < 4.78 is 6.57. The van der Waals surface area contributed by atoms with Crippen LogP contribution in [0.1, 0.15) is 26.6 Å². The molecule has 2 N–H and O–H groups in total. The van der Waals surface area contributed by atoms with Crippen molar-refractivity contribution < 1.29 is 19.1 Å². The number of carbonyl (C=O) groups is 2. The monoisotopic (exact) mass is 263 g/mol. The Morgan fingerprint density at radius 3 is 2.89 bits per heavy atom. The van der Waals surface area contributed by atoms with Crippen molar-refractivity contribution in [3.05, 3.63) is 41.6 Å². The van der Waals surface area contributed by atoms with E-state index >= 15 is 0 Å². The smallest absolute Gasteiger partial charge is 0.338 e. The summed E-state index contributed by atoms with van der Waals surface area (Å²) in [7, 11) is 1.82. The van der Waals surface area contributed by atoms with Gasteiger partial charge in [0.05, 0.1) is 11.3 Å². The third-order valence-electron chi connectivity index (χ3n) is 2.51. The van der Waals surface area contributed by atoms with Crippen molar-refractivity contribution in [1.29, 1.82) is 0 Å². The molecule has 0 radical (unpaired) electrons. The van der Waals surface area contributed by atoms with E-state index in [1.165, 1.54) is 6.07 Å². The first kappa shape index (κ1) is 12.9. The van der Waals surface area contributed by atoms with Crippen LogP contribution in [0.3, 0.4) is 0 Å². The molecule has 0 saturated heterocycles. The lowest BCUT2D eigenvalue weighted by atomic mass is 10.3. The zero-order chi connectivity index (χ0) is 13.8. The van der Waals surface area contributed by atoms with Gasteiger partial charge in [0.15, 0.2) is 5.76 Å². The van der Waals surface area contributed by atoms with Crippen molar-refractivity contribution in [2.45, 2.75) is 6.42 Å². The molecule has 2 rings (SSSR count). The number of nitrogens with one attached hydrogen (secondary N) is 1. The van der Waals surface area contributed by atoms with Crippen molar-refractivity contribution >= 4 is 11.9 Å². The fourth-order valence-electron chi connectivity index (χ4n) is 1.56. The zero-order valence-corrected chi connectivity index (χ0v) is 10.3. The van der Waals surface area contributed by atoms with Gasteiger partial charge < -0.3 is 14.8 Å². The summed E-state index contributed by atoms with van der Waals surface area (Å²) in [6.45, 7) is 0.402. The van der Waals surface area contributed by atoms with E-state index in [2.05, 4.69) is 10.4 Å². The second kappa shape index (κ2) is 5.38. The van der Waals surface area contributed by atoms with Crippen LogP contribution in [0, 0.1) is 0 Å². The first-order valence-corrected chi connectivity index (χ1v) is 5.65. The van der Waals surface area contributed by atoms with Crippen LogP contribution in [0.15, 0.2) is 29.0 Å². The number of carboxylic acid groups (broad SMARTS) is 1. The number of carbonyl (C=O) groups excluding carboxylic acids is 1. The van der Waals surface area contributed by atoms with Gasteiger partial charge in [-0.05, 0) is 6.07 Å². The maximum absolute atomic E-state index is 11.7. The third-order valence-corrected chi connectivity index (χ3v) is 2.51. The Hall–Kier alpha value is -2.57. The van der Waals surface area contributed by atoms with Gasteiger partial charge in [-0.3, -0.25) is 9.48 Å². The maximum Gasteiger partial charge on any atom is 0.338 e. The molecule has 0 saturated carbocycles. The number of rotatable bonds is 5. The molecule has 100 valence electrons. The normalized spacial score (nSPS) is 10.4. The molecule has 7 nitrogen and oxygen atoms in total. The Labute approximate surface area is 108 Å². The number of furan rings is 1. The first-order valence-electron chi connectivity index (χ1n) is 5.65. The van der Waals surface area contributed by atoms with Crippen LogP contribution in [0.5, 0.6) is 0 Å². The molecule has 19 heavy (non-hydrogen) atoms. The fourth-order valence-corrected chi connectivity index (χ4v) is 1.56. The Bertz CT molecular complexity index is 600. The fraction of sp³-hybridized carbons (Fsp3) is 0.250. The minimum absolute atomic E-state index is 0.0154. The standard InChI is InChI=1S/C12H13N3O4/c1-15-5-3-9(14-15)2-4-13-11(16)10-6-8(7-19-10)12(17)18/h3,5-7H,2,4H2,1H3,(H,13,16)(H,17,18). The van der Waals surface area contributed by atoms with Gasteiger partial charge in [-0.1, -0.05) is 0 Å². The van der Waals surface area contributed by atoms with Crippen LogP contribution in [0.25, 0.3) is 0 Å². The molecule has 2 aromatic heterocycles. The summed E-state index contributed by atoms with van der Waals surface area (Å²) in [5, 5.41) is 15.5. The molecule has 0 fully saturated rings. The van der Waals surface area contributed by atoms with E-state index < -0.39 is 11.9 Å². The van der Waals surface area contributed by atoms with Crippen LogP contribution in [-0.4, -0.2) is 33.3 Å². The van der Waals surface area contributed by atoms with E-state index in [-0.39, 0.29) is 11.3 Å². The summed E-state index contributed by atoms with van der Waals surface area (Å²) in [6.07, 6.45) is 3.46. The van der Waals surface area contributed by atoms with Crippen LogP contribution in [0.2, 0.25) is 0 Å². The lowest BCUT2D eigenvalue weighted by molar-refractivity contribution is 0.0696. The summed E-state index contributed by atoms with van der Waals surface area (Å²) in [6, 6.07) is 3.06. The first-order chi connectivity index (χ1) is 9.06. The van der Waals surface area contributed by atoms with Crippen LogP contribution in [0.4, 0.5) is 0 Å². The number of carboxylic acids is 1. The molecular formula is C12H13N3O4. The van der Waals surface area contributed by atoms with E-state index in [1.807, 2.05) is 19.3 Å². The van der Waals surface area contributed by atoms with E-state index in [4.69, 9.17) is 9.52 Å². The Morgan fingerprint density at radius 2 is 2.32 bits per heavy atom. The van der Waals surface area contributed by atoms with Gasteiger partial charge in [0.25, 0.3) is 5.91 Å². The summed E-state index contributed by atoms with van der Waals surface area (Å²) in [5.41, 5.74) is 0.823. The Balaban J connectivity index is 1.85. The van der Waals surface area contributed by atoms with E-state index in [0.29, 0.717) is 13.0 Å². The predicted octanol–water partition coefficient (Wildman–Crippen LogP) is 0.684. The summed E-state index contributed by atoms with van der Waals surface area (Å²) in [4.78, 5) is 22.3. The molecule has 0 aliphatic rings. The second-order valence-corrected chi connectivity index (χ2v) is 3.99. The second-order valence-electron chi connectivity index (χ2n) is 3.99. The predicted molar refractivity (Wildman–Crippen MR) is 64.9 cm³/mol. The number of nitrogens with zero attached hydrogens (tertiary/aromatic N) is 2. The van der Waals surface area contributed by atoms with Crippen LogP contribution >= 0.6 is 0 Å². The largest absolute Gasteiger partial charge is 0.478 e. The van der Waals surface area contributed by atoms with Crippen molar-refractivity contribution in [2.24, 2.45) is 7.05 Å².